The molecule has 0 radical (unpaired) electrons. The van der Waals surface area contributed by atoms with Crippen molar-refractivity contribution in [1.29, 1.82) is 0 Å². The molecule has 0 aromatic carbocycles. The molecular weight excluding hydrogens is 154 g/mol. The lowest BCUT2D eigenvalue weighted by atomic mass is 9.84. The van der Waals surface area contributed by atoms with E-state index < -0.39 is 0 Å². The zero-order chi connectivity index (χ0) is 8.66. The van der Waals surface area contributed by atoms with E-state index in [1.54, 1.807) is 0 Å². The molecule has 1 atom stereocenters. The molecule has 2 heterocycles. The van der Waals surface area contributed by atoms with Crippen LogP contribution in [0.25, 0.3) is 0 Å². The minimum absolute atomic E-state index is 0.0642. The lowest BCUT2D eigenvalue weighted by Crippen LogP contribution is -2.59. The average molecular weight is 171 g/mol. The van der Waals surface area contributed by atoms with Gasteiger partial charge in [-0.1, -0.05) is 0 Å². The SMILES string of the molecule is CC1(C)OCCC12CNCCO2. The fraction of sp³-hybridized carbons (Fsp3) is 1.00. The highest BCUT2D eigenvalue weighted by Crippen LogP contribution is 2.39. The van der Waals surface area contributed by atoms with Crippen molar-refractivity contribution in [3.63, 3.8) is 0 Å². The van der Waals surface area contributed by atoms with Crippen molar-refractivity contribution >= 4 is 0 Å². The van der Waals surface area contributed by atoms with Gasteiger partial charge in [-0.15, -0.1) is 0 Å². The first-order chi connectivity index (χ1) is 5.66. The third-order valence-corrected chi connectivity index (χ3v) is 3.13. The van der Waals surface area contributed by atoms with Crippen molar-refractivity contribution in [3.05, 3.63) is 0 Å². The van der Waals surface area contributed by atoms with Crippen LogP contribution in [0.4, 0.5) is 0 Å². The molecule has 0 aromatic rings. The summed E-state index contributed by atoms with van der Waals surface area (Å²) in [7, 11) is 0. The Labute approximate surface area is 73.4 Å². The first-order valence-electron chi connectivity index (χ1n) is 4.65. The van der Waals surface area contributed by atoms with E-state index >= 15 is 0 Å². The molecule has 1 N–H and O–H groups in total. The molecule has 2 aliphatic rings. The van der Waals surface area contributed by atoms with Crippen LogP contribution in [0.3, 0.4) is 0 Å². The van der Waals surface area contributed by atoms with Gasteiger partial charge in [-0.25, -0.2) is 0 Å². The van der Waals surface area contributed by atoms with Crippen molar-refractivity contribution in [2.45, 2.75) is 31.5 Å². The molecular formula is C9H17NO2. The monoisotopic (exact) mass is 171 g/mol. The number of morpholine rings is 1. The summed E-state index contributed by atoms with van der Waals surface area (Å²) in [6, 6.07) is 0. The Kier molecular flexibility index (Phi) is 1.90. The van der Waals surface area contributed by atoms with Gasteiger partial charge in [0.15, 0.2) is 0 Å². The van der Waals surface area contributed by atoms with E-state index in [-0.39, 0.29) is 11.2 Å². The Morgan fingerprint density at radius 1 is 1.17 bits per heavy atom. The number of nitrogens with one attached hydrogen (secondary N) is 1. The summed E-state index contributed by atoms with van der Waals surface area (Å²) in [6.07, 6.45) is 1.02. The minimum Gasteiger partial charge on any atom is -0.372 e. The van der Waals surface area contributed by atoms with Gasteiger partial charge in [0, 0.05) is 19.5 Å². The summed E-state index contributed by atoms with van der Waals surface area (Å²) in [5, 5.41) is 3.37. The second kappa shape index (κ2) is 2.69. The van der Waals surface area contributed by atoms with Gasteiger partial charge in [0.05, 0.1) is 18.8 Å². The van der Waals surface area contributed by atoms with Crippen LogP contribution < -0.4 is 5.32 Å². The quantitative estimate of drug-likeness (QED) is 0.577. The van der Waals surface area contributed by atoms with Crippen LogP contribution in [0.5, 0.6) is 0 Å². The van der Waals surface area contributed by atoms with Gasteiger partial charge in [0.1, 0.15) is 5.60 Å². The molecule has 0 saturated carbocycles. The molecule has 2 aliphatic heterocycles. The third-order valence-electron chi connectivity index (χ3n) is 3.13. The van der Waals surface area contributed by atoms with E-state index in [2.05, 4.69) is 19.2 Å². The molecule has 1 unspecified atom stereocenters. The van der Waals surface area contributed by atoms with Gasteiger partial charge in [-0.05, 0) is 13.8 Å². The molecule has 70 valence electrons. The van der Waals surface area contributed by atoms with Crippen molar-refractivity contribution in [1.82, 2.24) is 5.32 Å². The zero-order valence-electron chi connectivity index (χ0n) is 7.85. The van der Waals surface area contributed by atoms with Crippen LogP contribution in [-0.2, 0) is 9.47 Å². The molecule has 3 nitrogen and oxygen atoms in total. The van der Waals surface area contributed by atoms with Crippen molar-refractivity contribution < 1.29 is 9.47 Å². The Bertz CT molecular complexity index is 173. The van der Waals surface area contributed by atoms with Crippen molar-refractivity contribution in [3.8, 4) is 0 Å². The van der Waals surface area contributed by atoms with Crippen LogP contribution in [0, 0.1) is 0 Å². The first-order valence-corrected chi connectivity index (χ1v) is 4.65. The summed E-state index contributed by atoms with van der Waals surface area (Å²) in [5.74, 6) is 0. The van der Waals surface area contributed by atoms with E-state index in [4.69, 9.17) is 9.47 Å². The van der Waals surface area contributed by atoms with Gasteiger partial charge >= 0.3 is 0 Å². The highest BCUT2D eigenvalue weighted by molar-refractivity contribution is 5.03. The molecule has 0 amide bonds. The van der Waals surface area contributed by atoms with Crippen molar-refractivity contribution in [2.75, 3.05) is 26.3 Å². The van der Waals surface area contributed by atoms with E-state index in [1.807, 2.05) is 0 Å². The van der Waals surface area contributed by atoms with Gasteiger partial charge in [-0.2, -0.15) is 0 Å². The van der Waals surface area contributed by atoms with E-state index in [9.17, 15) is 0 Å². The highest BCUT2D eigenvalue weighted by atomic mass is 16.6. The van der Waals surface area contributed by atoms with Gasteiger partial charge < -0.3 is 14.8 Å². The van der Waals surface area contributed by atoms with Crippen molar-refractivity contribution in [2.24, 2.45) is 0 Å². The third kappa shape index (κ3) is 1.08. The smallest absolute Gasteiger partial charge is 0.111 e. The lowest BCUT2D eigenvalue weighted by Gasteiger charge is -2.42. The molecule has 2 fully saturated rings. The lowest BCUT2D eigenvalue weighted by molar-refractivity contribution is -0.147. The Balaban J connectivity index is 2.17. The Morgan fingerprint density at radius 2 is 2.00 bits per heavy atom. The molecule has 0 bridgehead atoms. The maximum atomic E-state index is 5.85. The van der Waals surface area contributed by atoms with Gasteiger partial charge in [0.2, 0.25) is 0 Å². The number of ether oxygens (including phenoxy) is 2. The fourth-order valence-electron chi connectivity index (χ4n) is 2.11. The van der Waals surface area contributed by atoms with Crippen LogP contribution in [-0.4, -0.2) is 37.5 Å². The van der Waals surface area contributed by atoms with E-state index in [0.29, 0.717) is 0 Å². The second-order valence-corrected chi connectivity index (χ2v) is 4.13. The predicted octanol–water partition coefficient (Wildman–Crippen LogP) is 0.544. The Hall–Kier alpha value is -0.120. The van der Waals surface area contributed by atoms with Crippen LogP contribution >= 0.6 is 0 Å². The second-order valence-electron chi connectivity index (χ2n) is 4.13. The molecule has 1 spiro atoms. The predicted molar refractivity (Wildman–Crippen MR) is 46.2 cm³/mol. The Morgan fingerprint density at radius 3 is 2.50 bits per heavy atom. The zero-order valence-corrected chi connectivity index (χ0v) is 7.85. The normalized spacial score (nSPS) is 40.5. The van der Waals surface area contributed by atoms with E-state index in [1.165, 1.54) is 0 Å². The molecule has 2 rings (SSSR count). The molecule has 0 aromatic heterocycles. The molecule has 0 aliphatic carbocycles. The summed E-state index contributed by atoms with van der Waals surface area (Å²) >= 11 is 0. The number of hydrogen-bond acceptors (Lipinski definition) is 3. The van der Waals surface area contributed by atoms with Gasteiger partial charge in [-0.3, -0.25) is 0 Å². The molecule has 2 saturated heterocycles. The molecule has 12 heavy (non-hydrogen) atoms. The number of hydrogen-bond donors (Lipinski definition) is 1. The summed E-state index contributed by atoms with van der Waals surface area (Å²) in [5.41, 5.74) is -0.189. The minimum atomic E-state index is -0.125. The maximum Gasteiger partial charge on any atom is 0.111 e. The largest absolute Gasteiger partial charge is 0.372 e. The summed E-state index contributed by atoms with van der Waals surface area (Å²) < 4.78 is 11.5. The topological polar surface area (TPSA) is 30.5 Å². The standard InChI is InChI=1S/C9H17NO2/c1-8(2)9(3-5-11-8)7-10-4-6-12-9/h10H,3-7H2,1-2H3. The van der Waals surface area contributed by atoms with Gasteiger partial charge in [0.25, 0.3) is 0 Å². The van der Waals surface area contributed by atoms with E-state index in [0.717, 1.165) is 32.7 Å². The van der Waals surface area contributed by atoms with Crippen LogP contribution in [0.1, 0.15) is 20.3 Å². The summed E-state index contributed by atoms with van der Waals surface area (Å²) in [4.78, 5) is 0. The first kappa shape index (κ1) is 8.48. The highest BCUT2D eigenvalue weighted by Gasteiger charge is 2.52. The van der Waals surface area contributed by atoms with Crippen LogP contribution in [0.15, 0.2) is 0 Å². The number of rotatable bonds is 0. The average Bonchev–Trinajstić information content (AvgIpc) is 2.30. The summed E-state index contributed by atoms with van der Waals surface area (Å²) in [6.45, 7) is 7.78. The fourth-order valence-corrected chi connectivity index (χ4v) is 2.11. The molecule has 3 heteroatoms. The maximum absolute atomic E-state index is 5.85. The van der Waals surface area contributed by atoms with Crippen LogP contribution in [0.2, 0.25) is 0 Å².